The molecular weight excluding hydrogens is 188 g/mol. The van der Waals surface area contributed by atoms with Crippen molar-refractivity contribution in [1.82, 2.24) is 5.32 Å². The van der Waals surface area contributed by atoms with Crippen molar-refractivity contribution in [3.05, 3.63) is 29.3 Å². The summed E-state index contributed by atoms with van der Waals surface area (Å²) >= 11 is 0. The number of aromatic hydroxyl groups is 1. The fraction of sp³-hybridized carbons (Fsp3) is 0.417. The number of nitrogens with one attached hydrogen (secondary N) is 1. The Hall–Kier alpha value is -1.53. The summed E-state index contributed by atoms with van der Waals surface area (Å²) in [4.78, 5) is 0. The van der Waals surface area contributed by atoms with Crippen LogP contribution in [-0.2, 0) is 0 Å². The highest BCUT2D eigenvalue weighted by molar-refractivity contribution is 5.40. The van der Waals surface area contributed by atoms with Gasteiger partial charge in [-0.3, -0.25) is 5.32 Å². The summed E-state index contributed by atoms with van der Waals surface area (Å²) in [5.41, 5.74) is 1.74. The summed E-state index contributed by atoms with van der Waals surface area (Å²) in [6.07, 6.45) is 2.26. The summed E-state index contributed by atoms with van der Waals surface area (Å²) in [5.74, 6) is 0.195. The number of hydrogen-bond acceptors (Lipinski definition) is 3. The van der Waals surface area contributed by atoms with Crippen LogP contribution in [0.25, 0.3) is 0 Å². The van der Waals surface area contributed by atoms with Crippen LogP contribution in [0.4, 0.5) is 0 Å². The molecule has 0 bridgehead atoms. The number of hydrogen-bond donors (Lipinski definition) is 2. The van der Waals surface area contributed by atoms with Crippen LogP contribution in [0.15, 0.2) is 18.2 Å². The molecule has 1 unspecified atom stereocenters. The number of phenols is 1. The molecule has 1 aromatic carbocycles. The highest BCUT2D eigenvalue weighted by Gasteiger charge is 2.26. The van der Waals surface area contributed by atoms with E-state index in [1.165, 1.54) is 0 Å². The summed E-state index contributed by atoms with van der Waals surface area (Å²) < 4.78 is 0. The van der Waals surface area contributed by atoms with Crippen LogP contribution in [0.5, 0.6) is 5.75 Å². The van der Waals surface area contributed by atoms with Crippen molar-refractivity contribution in [2.45, 2.75) is 31.8 Å². The molecule has 0 aromatic heterocycles. The lowest BCUT2D eigenvalue weighted by Gasteiger charge is -2.13. The van der Waals surface area contributed by atoms with Gasteiger partial charge in [0.05, 0.1) is 6.07 Å². The van der Waals surface area contributed by atoms with Crippen LogP contribution < -0.4 is 5.32 Å². The molecule has 15 heavy (non-hydrogen) atoms. The molecule has 0 aliphatic heterocycles. The molecule has 1 aliphatic carbocycles. The number of aryl methyl sites for hydroxylation is 1. The average molecular weight is 202 g/mol. The maximum absolute atomic E-state index is 9.68. The fourth-order valence-electron chi connectivity index (χ4n) is 1.59. The topological polar surface area (TPSA) is 56.0 Å². The lowest BCUT2D eigenvalue weighted by molar-refractivity contribution is 0.459. The molecule has 3 nitrogen and oxygen atoms in total. The highest BCUT2D eigenvalue weighted by atomic mass is 16.3. The zero-order chi connectivity index (χ0) is 10.8. The third-order valence-electron chi connectivity index (χ3n) is 2.60. The van der Waals surface area contributed by atoms with Crippen molar-refractivity contribution in [2.24, 2.45) is 0 Å². The monoisotopic (exact) mass is 202 g/mol. The van der Waals surface area contributed by atoms with Gasteiger partial charge in [0.25, 0.3) is 0 Å². The zero-order valence-electron chi connectivity index (χ0n) is 8.70. The fourth-order valence-corrected chi connectivity index (χ4v) is 1.59. The number of nitrogens with zero attached hydrogens (tertiary/aromatic N) is 1. The Morgan fingerprint density at radius 2 is 2.27 bits per heavy atom. The largest absolute Gasteiger partial charge is 0.508 e. The van der Waals surface area contributed by atoms with Crippen LogP contribution >= 0.6 is 0 Å². The maximum Gasteiger partial charge on any atom is 0.125 e. The van der Waals surface area contributed by atoms with Crippen molar-refractivity contribution in [1.29, 1.82) is 5.26 Å². The van der Waals surface area contributed by atoms with Crippen LogP contribution in [0.3, 0.4) is 0 Å². The van der Waals surface area contributed by atoms with Crippen LogP contribution in [-0.4, -0.2) is 11.1 Å². The van der Waals surface area contributed by atoms with E-state index in [0.717, 1.165) is 18.4 Å². The van der Waals surface area contributed by atoms with E-state index in [1.54, 1.807) is 6.07 Å². The standard InChI is InChI=1S/C12H14N2O/c1-8-2-5-12(15)10(6-8)11(7-13)14-9-3-4-9/h2,5-6,9,11,14-15H,3-4H2,1H3. The molecule has 0 radical (unpaired) electrons. The molecule has 1 saturated carbocycles. The van der Waals surface area contributed by atoms with Crippen molar-refractivity contribution >= 4 is 0 Å². The summed E-state index contributed by atoms with van der Waals surface area (Å²) in [6, 6.07) is 7.59. The SMILES string of the molecule is Cc1ccc(O)c(C(C#N)NC2CC2)c1. The molecule has 0 saturated heterocycles. The molecule has 2 N–H and O–H groups in total. The minimum absolute atomic E-state index is 0.195. The van der Waals surface area contributed by atoms with Gasteiger partial charge in [-0.25, -0.2) is 0 Å². The van der Waals surface area contributed by atoms with E-state index in [0.29, 0.717) is 11.6 Å². The van der Waals surface area contributed by atoms with Crippen molar-refractivity contribution in [3.63, 3.8) is 0 Å². The first-order valence-electron chi connectivity index (χ1n) is 5.16. The molecule has 1 fully saturated rings. The van der Waals surface area contributed by atoms with Gasteiger partial charge in [0.2, 0.25) is 0 Å². The van der Waals surface area contributed by atoms with E-state index < -0.39 is 6.04 Å². The highest BCUT2D eigenvalue weighted by Crippen LogP contribution is 2.29. The van der Waals surface area contributed by atoms with Gasteiger partial charge in [0.15, 0.2) is 0 Å². The molecule has 1 aromatic rings. The molecule has 78 valence electrons. The smallest absolute Gasteiger partial charge is 0.125 e. The first-order chi connectivity index (χ1) is 7.20. The molecule has 0 amide bonds. The maximum atomic E-state index is 9.68. The van der Waals surface area contributed by atoms with Crippen LogP contribution in [0.1, 0.15) is 30.0 Å². The first kappa shape index (κ1) is 10.0. The Kier molecular flexibility index (Phi) is 2.61. The predicted molar refractivity (Wildman–Crippen MR) is 57.4 cm³/mol. The Morgan fingerprint density at radius 3 is 2.87 bits per heavy atom. The third kappa shape index (κ3) is 2.28. The van der Waals surface area contributed by atoms with Gasteiger partial charge in [-0.05, 0) is 31.9 Å². The quantitative estimate of drug-likeness (QED) is 0.788. The van der Waals surface area contributed by atoms with Gasteiger partial charge < -0.3 is 5.11 Å². The molecule has 1 atom stereocenters. The number of rotatable bonds is 3. The molecule has 0 heterocycles. The second kappa shape index (κ2) is 3.92. The predicted octanol–water partition coefficient (Wildman–Crippen LogP) is 2.02. The van der Waals surface area contributed by atoms with E-state index in [1.807, 2.05) is 19.1 Å². The Morgan fingerprint density at radius 1 is 1.53 bits per heavy atom. The van der Waals surface area contributed by atoms with Crippen molar-refractivity contribution in [3.8, 4) is 11.8 Å². The van der Waals surface area contributed by atoms with Gasteiger partial charge in [-0.2, -0.15) is 5.26 Å². The summed E-state index contributed by atoms with van der Waals surface area (Å²) in [6.45, 7) is 1.95. The van der Waals surface area contributed by atoms with Gasteiger partial charge in [-0.1, -0.05) is 11.6 Å². The average Bonchev–Trinajstić information content (AvgIpc) is 3.02. The lowest BCUT2D eigenvalue weighted by atomic mass is 10.0. The Balaban J connectivity index is 2.24. The van der Waals surface area contributed by atoms with Crippen LogP contribution in [0.2, 0.25) is 0 Å². The lowest BCUT2D eigenvalue weighted by Crippen LogP contribution is -2.22. The normalized spacial score (nSPS) is 17.1. The zero-order valence-corrected chi connectivity index (χ0v) is 8.70. The van der Waals surface area contributed by atoms with E-state index in [2.05, 4.69) is 11.4 Å². The van der Waals surface area contributed by atoms with Crippen molar-refractivity contribution in [2.75, 3.05) is 0 Å². The summed E-state index contributed by atoms with van der Waals surface area (Å²) in [5, 5.41) is 21.9. The minimum Gasteiger partial charge on any atom is -0.508 e. The minimum atomic E-state index is -0.391. The van der Waals surface area contributed by atoms with E-state index >= 15 is 0 Å². The van der Waals surface area contributed by atoms with Gasteiger partial charge in [0.1, 0.15) is 11.8 Å². The second-order valence-corrected chi connectivity index (χ2v) is 4.07. The molecular formula is C12H14N2O. The third-order valence-corrected chi connectivity index (χ3v) is 2.60. The molecule has 3 heteroatoms. The van der Waals surface area contributed by atoms with Crippen molar-refractivity contribution < 1.29 is 5.11 Å². The molecule has 1 aliphatic rings. The van der Waals surface area contributed by atoms with E-state index in [9.17, 15) is 5.11 Å². The summed E-state index contributed by atoms with van der Waals surface area (Å²) in [7, 11) is 0. The van der Waals surface area contributed by atoms with Gasteiger partial charge in [-0.15, -0.1) is 0 Å². The number of nitriles is 1. The van der Waals surface area contributed by atoms with Gasteiger partial charge >= 0.3 is 0 Å². The van der Waals surface area contributed by atoms with Gasteiger partial charge in [0, 0.05) is 11.6 Å². The second-order valence-electron chi connectivity index (χ2n) is 4.07. The number of benzene rings is 1. The molecule has 0 spiro atoms. The molecule has 2 rings (SSSR count). The Bertz CT molecular complexity index is 405. The first-order valence-corrected chi connectivity index (χ1v) is 5.16. The Labute approximate surface area is 89.4 Å². The van der Waals surface area contributed by atoms with E-state index in [-0.39, 0.29) is 5.75 Å². The number of phenolic OH excluding ortho intramolecular Hbond substituents is 1. The van der Waals surface area contributed by atoms with Crippen LogP contribution in [0, 0.1) is 18.3 Å². The van der Waals surface area contributed by atoms with E-state index in [4.69, 9.17) is 5.26 Å².